The van der Waals surface area contributed by atoms with Crippen LogP contribution in [-0.4, -0.2) is 36.7 Å². The van der Waals surface area contributed by atoms with Gasteiger partial charge in [0.2, 0.25) is 0 Å². The van der Waals surface area contributed by atoms with Gasteiger partial charge in [0.1, 0.15) is 35.5 Å². The lowest BCUT2D eigenvalue weighted by Crippen LogP contribution is -2.35. The van der Waals surface area contributed by atoms with Gasteiger partial charge in [-0.25, -0.2) is 19.7 Å². The van der Waals surface area contributed by atoms with Crippen molar-refractivity contribution in [2.75, 3.05) is 5.32 Å². The summed E-state index contributed by atoms with van der Waals surface area (Å²) < 4.78 is 7.46. The van der Waals surface area contributed by atoms with Crippen LogP contribution in [0.1, 0.15) is 52.9 Å². The van der Waals surface area contributed by atoms with Crippen molar-refractivity contribution >= 4 is 29.2 Å². The number of ether oxygens (including phenoxy) is 1. The summed E-state index contributed by atoms with van der Waals surface area (Å²) in [6.45, 7) is 3.91. The van der Waals surface area contributed by atoms with Crippen molar-refractivity contribution in [3.8, 4) is 5.82 Å². The van der Waals surface area contributed by atoms with Crippen molar-refractivity contribution < 1.29 is 14.6 Å². The second-order valence-electron chi connectivity index (χ2n) is 9.50. The molecule has 1 saturated carbocycles. The van der Waals surface area contributed by atoms with Gasteiger partial charge in [0.25, 0.3) is 0 Å². The summed E-state index contributed by atoms with van der Waals surface area (Å²) in [6, 6.07) is 14.7. The molecule has 0 amide bonds. The maximum Gasteiger partial charge on any atom is 0.338 e. The van der Waals surface area contributed by atoms with E-state index in [2.05, 4.69) is 15.3 Å². The van der Waals surface area contributed by atoms with Gasteiger partial charge >= 0.3 is 5.97 Å². The van der Waals surface area contributed by atoms with E-state index >= 15 is 0 Å². The molecule has 2 N–H and O–H groups in total. The number of imidazole rings is 1. The number of aliphatic hydroxyl groups is 1. The minimum absolute atomic E-state index is 0.229. The van der Waals surface area contributed by atoms with Gasteiger partial charge in [0.15, 0.2) is 0 Å². The fourth-order valence-corrected chi connectivity index (χ4v) is 4.61. The molecular weight excluding hydrogens is 490 g/mol. The zero-order valence-electron chi connectivity index (χ0n) is 20.7. The van der Waals surface area contributed by atoms with Gasteiger partial charge < -0.3 is 15.2 Å². The molecule has 1 aliphatic rings. The van der Waals surface area contributed by atoms with E-state index in [-0.39, 0.29) is 12.1 Å². The molecule has 0 unspecified atom stereocenters. The highest BCUT2D eigenvalue weighted by molar-refractivity contribution is 6.31. The Morgan fingerprint density at radius 3 is 2.59 bits per heavy atom. The third kappa shape index (κ3) is 5.65. The van der Waals surface area contributed by atoms with Gasteiger partial charge in [0, 0.05) is 12.4 Å². The van der Waals surface area contributed by atoms with Crippen molar-refractivity contribution in [2.45, 2.75) is 51.2 Å². The number of nitrogens with one attached hydrogen (secondary N) is 1. The number of hydrogen-bond donors (Lipinski definition) is 2. The van der Waals surface area contributed by atoms with Gasteiger partial charge in [-0.2, -0.15) is 0 Å². The first kappa shape index (κ1) is 24.9. The molecule has 0 aliphatic heterocycles. The number of pyridine rings is 2. The average molecular weight is 518 g/mol. The maximum atomic E-state index is 12.4. The number of aromatic nitrogens is 4. The predicted molar refractivity (Wildman–Crippen MR) is 141 cm³/mol. The smallest absolute Gasteiger partial charge is 0.338 e. The third-order valence-electron chi connectivity index (χ3n) is 6.63. The Labute approximate surface area is 220 Å². The Morgan fingerprint density at radius 2 is 1.86 bits per heavy atom. The lowest BCUT2D eigenvalue weighted by molar-refractivity contribution is -0.0485. The number of benzene rings is 1. The molecule has 0 saturated heterocycles. The maximum absolute atomic E-state index is 12.4. The van der Waals surface area contributed by atoms with Crippen molar-refractivity contribution in [1.82, 2.24) is 19.5 Å². The number of rotatable bonds is 6. The molecule has 0 bridgehead atoms. The lowest BCUT2D eigenvalue weighted by atomic mass is 9.81. The second-order valence-corrected chi connectivity index (χ2v) is 9.91. The van der Waals surface area contributed by atoms with Gasteiger partial charge in [-0.1, -0.05) is 29.8 Å². The van der Waals surface area contributed by atoms with Crippen molar-refractivity contribution in [2.24, 2.45) is 0 Å². The monoisotopic (exact) mass is 517 g/mol. The molecule has 5 rings (SSSR count). The highest BCUT2D eigenvalue weighted by Crippen LogP contribution is 2.37. The fraction of sp³-hybridized carbons (Fsp3) is 0.286. The van der Waals surface area contributed by atoms with Crippen molar-refractivity contribution in [3.63, 3.8) is 0 Å². The van der Waals surface area contributed by atoms with Crippen LogP contribution >= 0.6 is 11.6 Å². The largest absolute Gasteiger partial charge is 0.459 e. The number of hydrogen-bond acceptors (Lipinski definition) is 7. The Hall–Kier alpha value is -3.75. The van der Waals surface area contributed by atoms with E-state index in [4.69, 9.17) is 21.3 Å². The van der Waals surface area contributed by atoms with Crippen LogP contribution in [0.2, 0.25) is 5.02 Å². The molecule has 0 radical (unpaired) electrons. The second kappa shape index (κ2) is 10.3. The fourth-order valence-electron chi connectivity index (χ4n) is 4.51. The number of anilines is 2. The molecule has 1 aliphatic carbocycles. The first-order chi connectivity index (χ1) is 17.8. The average Bonchev–Trinajstić information content (AvgIpc) is 3.40. The molecule has 0 atom stereocenters. The van der Waals surface area contributed by atoms with E-state index in [1.54, 1.807) is 29.2 Å². The predicted octanol–water partition coefficient (Wildman–Crippen LogP) is 5.66. The van der Waals surface area contributed by atoms with Crippen LogP contribution in [0.25, 0.3) is 5.82 Å². The molecule has 4 aromatic rings. The summed E-state index contributed by atoms with van der Waals surface area (Å²) in [7, 11) is 0. The summed E-state index contributed by atoms with van der Waals surface area (Å²) in [5.41, 5.74) is 1.95. The SMILES string of the molecule is Cc1cc(Nc2cc(C)c(Cl)cn2)nc(-n2cnc([C@]3(O)CC[C@@H](OC(=O)c4ccccc4)CC3)c2)c1. The van der Waals surface area contributed by atoms with Crippen LogP contribution in [0.3, 0.4) is 0 Å². The van der Waals surface area contributed by atoms with Crippen molar-refractivity contribution in [3.05, 3.63) is 94.7 Å². The zero-order chi connectivity index (χ0) is 26.0. The summed E-state index contributed by atoms with van der Waals surface area (Å²) in [4.78, 5) is 25.9. The number of halogens is 1. The Morgan fingerprint density at radius 1 is 1.11 bits per heavy atom. The number of carbonyl (C=O) groups excluding carboxylic acids is 1. The molecule has 37 heavy (non-hydrogen) atoms. The minimum atomic E-state index is -1.09. The number of aryl methyl sites for hydroxylation is 2. The van der Waals surface area contributed by atoms with E-state index in [9.17, 15) is 9.90 Å². The highest BCUT2D eigenvalue weighted by Gasteiger charge is 2.38. The Balaban J connectivity index is 1.27. The first-order valence-electron chi connectivity index (χ1n) is 12.2. The normalized spacial score (nSPS) is 19.4. The van der Waals surface area contributed by atoms with Crippen LogP contribution < -0.4 is 5.32 Å². The summed E-state index contributed by atoms with van der Waals surface area (Å²) in [5, 5.41) is 15.2. The number of nitrogens with zero attached hydrogens (tertiary/aromatic N) is 4. The molecule has 9 heteroatoms. The van der Waals surface area contributed by atoms with E-state index in [0.29, 0.717) is 59.4 Å². The topological polar surface area (TPSA) is 102 Å². The first-order valence-corrected chi connectivity index (χ1v) is 12.6. The molecule has 3 aromatic heterocycles. The number of carbonyl (C=O) groups is 1. The van der Waals surface area contributed by atoms with Gasteiger partial charge in [-0.15, -0.1) is 0 Å². The third-order valence-corrected chi connectivity index (χ3v) is 7.02. The summed E-state index contributed by atoms with van der Waals surface area (Å²) in [6.07, 6.45) is 6.87. The van der Waals surface area contributed by atoms with Crippen LogP contribution in [-0.2, 0) is 10.3 Å². The zero-order valence-corrected chi connectivity index (χ0v) is 21.4. The molecule has 8 nitrogen and oxygen atoms in total. The van der Waals surface area contributed by atoms with E-state index in [0.717, 1.165) is 11.1 Å². The molecule has 1 aromatic carbocycles. The van der Waals surface area contributed by atoms with Crippen LogP contribution in [0.4, 0.5) is 11.6 Å². The van der Waals surface area contributed by atoms with Gasteiger partial charge in [-0.3, -0.25) is 4.57 Å². The van der Waals surface area contributed by atoms with Crippen LogP contribution in [0, 0.1) is 13.8 Å². The quantitative estimate of drug-likeness (QED) is 0.318. The number of esters is 1. The Kier molecular flexibility index (Phi) is 6.95. The lowest BCUT2D eigenvalue weighted by Gasteiger charge is -2.34. The highest BCUT2D eigenvalue weighted by atomic mass is 35.5. The molecule has 0 spiro atoms. The standard InChI is InChI=1S/C28H28ClN5O3/c1-18-12-25(32-24-14-19(2)22(29)15-30-24)33-26(13-18)34-16-23(31-17-34)28(36)10-8-21(9-11-28)37-27(35)20-6-4-3-5-7-20/h3-7,12-17,21,36H,8-11H2,1-2H3,(H,30,32,33)/t21-,28+. The van der Waals surface area contributed by atoms with E-state index in [1.807, 2.05) is 56.4 Å². The molecule has 1 fully saturated rings. The van der Waals surface area contributed by atoms with Crippen LogP contribution in [0.5, 0.6) is 0 Å². The molecule has 3 heterocycles. The molecule has 190 valence electrons. The van der Waals surface area contributed by atoms with Gasteiger partial charge in [0.05, 0.1) is 16.3 Å². The summed E-state index contributed by atoms with van der Waals surface area (Å²) in [5.74, 6) is 1.62. The Bertz CT molecular complexity index is 1410. The van der Waals surface area contributed by atoms with Gasteiger partial charge in [-0.05, 0) is 81.0 Å². The van der Waals surface area contributed by atoms with Crippen LogP contribution in [0.15, 0.2) is 67.3 Å². The summed E-state index contributed by atoms with van der Waals surface area (Å²) >= 11 is 6.09. The molecular formula is C28H28ClN5O3. The van der Waals surface area contributed by atoms with E-state index < -0.39 is 5.60 Å². The van der Waals surface area contributed by atoms with Crippen molar-refractivity contribution in [1.29, 1.82) is 0 Å². The van der Waals surface area contributed by atoms with E-state index in [1.165, 1.54) is 0 Å². The minimum Gasteiger partial charge on any atom is -0.459 e.